The van der Waals surface area contributed by atoms with Crippen molar-refractivity contribution in [1.82, 2.24) is 0 Å². The van der Waals surface area contributed by atoms with Crippen molar-refractivity contribution in [1.29, 1.82) is 0 Å². The van der Waals surface area contributed by atoms with Gasteiger partial charge in [-0.05, 0) is 67.6 Å². The molecule has 0 heterocycles. The summed E-state index contributed by atoms with van der Waals surface area (Å²) in [7, 11) is 0.575. The minimum atomic E-state index is -3.91. The zero-order chi connectivity index (χ0) is 24.7. The highest BCUT2D eigenvalue weighted by molar-refractivity contribution is 7.92. The summed E-state index contributed by atoms with van der Waals surface area (Å²) < 4.78 is 49.3. The lowest BCUT2D eigenvalue weighted by atomic mass is 10.3. The molecule has 1 atom stereocenters. The first-order valence-electron chi connectivity index (χ1n) is 10.2. The number of rotatable bonds is 10. The molecular formula is C24H26N2O7S. The summed E-state index contributed by atoms with van der Waals surface area (Å²) in [6.45, 7) is 1.61. The fraction of sp³-hybridized carbons (Fsp3) is 0.208. The van der Waals surface area contributed by atoms with Crippen LogP contribution in [-0.4, -0.2) is 41.8 Å². The Hall–Kier alpha value is -3.92. The van der Waals surface area contributed by atoms with Gasteiger partial charge in [0.25, 0.3) is 15.9 Å². The Bertz CT molecular complexity index is 1230. The first-order valence-corrected chi connectivity index (χ1v) is 11.7. The number of anilines is 2. The largest absolute Gasteiger partial charge is 0.497 e. The maximum absolute atomic E-state index is 12.8. The van der Waals surface area contributed by atoms with Gasteiger partial charge in [0.15, 0.2) is 6.10 Å². The molecule has 180 valence electrons. The smallest absolute Gasteiger partial charge is 0.265 e. The van der Waals surface area contributed by atoms with Crippen molar-refractivity contribution < 1.29 is 32.2 Å². The standard InChI is InChI=1S/C24H26N2O7S/c1-16(33-19-9-7-18(30-2)8-10-19)24(27)25-17-5-12-21(13-6-17)34(28,29)26-22-15-20(31-3)11-14-23(22)32-4/h5-16,26H,1-4H3,(H,25,27)/t16-/m1/s1. The fourth-order valence-electron chi connectivity index (χ4n) is 2.97. The Balaban J connectivity index is 1.66. The predicted octanol–water partition coefficient (Wildman–Crippen LogP) is 3.92. The Labute approximate surface area is 198 Å². The van der Waals surface area contributed by atoms with Gasteiger partial charge in [-0.1, -0.05) is 0 Å². The van der Waals surface area contributed by atoms with E-state index in [2.05, 4.69) is 10.0 Å². The first kappa shape index (κ1) is 24.7. The van der Waals surface area contributed by atoms with Gasteiger partial charge < -0.3 is 24.3 Å². The summed E-state index contributed by atoms with van der Waals surface area (Å²) in [5.74, 6) is 1.63. The molecule has 2 N–H and O–H groups in total. The van der Waals surface area contributed by atoms with Crippen molar-refractivity contribution in [3.8, 4) is 23.0 Å². The molecule has 0 aliphatic rings. The number of hydrogen-bond donors (Lipinski definition) is 2. The number of benzene rings is 3. The molecule has 0 aliphatic carbocycles. The number of methoxy groups -OCH3 is 3. The molecule has 3 rings (SSSR count). The number of nitrogens with one attached hydrogen (secondary N) is 2. The molecule has 0 saturated heterocycles. The third-order valence-electron chi connectivity index (χ3n) is 4.82. The molecule has 0 bridgehead atoms. The van der Waals surface area contributed by atoms with E-state index in [1.165, 1.54) is 44.6 Å². The van der Waals surface area contributed by atoms with E-state index in [4.69, 9.17) is 18.9 Å². The van der Waals surface area contributed by atoms with Crippen molar-refractivity contribution in [2.24, 2.45) is 0 Å². The normalized spacial score (nSPS) is 11.8. The zero-order valence-electron chi connectivity index (χ0n) is 19.2. The van der Waals surface area contributed by atoms with Crippen molar-refractivity contribution in [3.63, 3.8) is 0 Å². The lowest BCUT2D eigenvalue weighted by Crippen LogP contribution is -2.30. The molecule has 0 unspecified atom stereocenters. The Morgan fingerprint density at radius 3 is 1.97 bits per heavy atom. The molecule has 0 spiro atoms. The Kier molecular flexibility index (Phi) is 7.85. The molecule has 3 aromatic rings. The van der Waals surface area contributed by atoms with Crippen molar-refractivity contribution in [2.45, 2.75) is 17.9 Å². The van der Waals surface area contributed by atoms with E-state index in [9.17, 15) is 13.2 Å². The second-order valence-corrected chi connectivity index (χ2v) is 8.80. The summed E-state index contributed by atoms with van der Waals surface area (Å²) in [5.41, 5.74) is 0.664. The van der Waals surface area contributed by atoms with Crippen LogP contribution in [0.3, 0.4) is 0 Å². The molecule has 34 heavy (non-hydrogen) atoms. The maximum atomic E-state index is 12.8. The van der Waals surface area contributed by atoms with Crippen LogP contribution < -0.4 is 29.0 Å². The van der Waals surface area contributed by atoms with E-state index < -0.39 is 16.1 Å². The molecule has 0 aliphatic heterocycles. The second kappa shape index (κ2) is 10.8. The number of ether oxygens (including phenoxy) is 4. The van der Waals surface area contributed by atoms with E-state index in [1.807, 2.05) is 0 Å². The van der Waals surface area contributed by atoms with E-state index in [0.29, 0.717) is 28.7 Å². The van der Waals surface area contributed by atoms with Gasteiger partial charge in [0, 0.05) is 11.8 Å². The van der Waals surface area contributed by atoms with Crippen LogP contribution >= 0.6 is 0 Å². The van der Waals surface area contributed by atoms with Gasteiger partial charge in [-0.2, -0.15) is 0 Å². The molecule has 0 aromatic heterocycles. The van der Waals surface area contributed by atoms with Crippen LogP contribution in [0, 0.1) is 0 Å². The van der Waals surface area contributed by atoms with Gasteiger partial charge in [0.05, 0.1) is 31.9 Å². The van der Waals surface area contributed by atoms with Crippen LogP contribution in [0.15, 0.2) is 71.6 Å². The highest BCUT2D eigenvalue weighted by Gasteiger charge is 2.19. The number of amides is 1. The van der Waals surface area contributed by atoms with Gasteiger partial charge in [-0.25, -0.2) is 8.42 Å². The van der Waals surface area contributed by atoms with Crippen LogP contribution in [-0.2, 0) is 14.8 Å². The molecule has 10 heteroatoms. The minimum absolute atomic E-state index is 0.0119. The predicted molar refractivity (Wildman–Crippen MR) is 129 cm³/mol. The number of sulfonamides is 1. The Morgan fingerprint density at radius 2 is 1.38 bits per heavy atom. The molecule has 9 nitrogen and oxygen atoms in total. The first-order chi connectivity index (χ1) is 16.2. The molecule has 3 aromatic carbocycles. The summed E-state index contributed by atoms with van der Waals surface area (Å²) in [6, 6.07) is 17.4. The monoisotopic (exact) mass is 486 g/mol. The number of carbonyl (C=O) groups excluding carboxylic acids is 1. The lowest BCUT2D eigenvalue weighted by Gasteiger charge is -2.15. The summed E-state index contributed by atoms with van der Waals surface area (Å²) >= 11 is 0. The molecular weight excluding hydrogens is 460 g/mol. The van der Waals surface area contributed by atoms with Crippen molar-refractivity contribution in [3.05, 3.63) is 66.7 Å². The maximum Gasteiger partial charge on any atom is 0.265 e. The van der Waals surface area contributed by atoms with E-state index in [-0.39, 0.29) is 16.5 Å². The number of hydrogen-bond acceptors (Lipinski definition) is 7. The van der Waals surface area contributed by atoms with Gasteiger partial charge >= 0.3 is 0 Å². The summed E-state index contributed by atoms with van der Waals surface area (Å²) in [4.78, 5) is 12.5. The van der Waals surface area contributed by atoms with Crippen LogP contribution in [0.1, 0.15) is 6.92 Å². The van der Waals surface area contributed by atoms with Gasteiger partial charge in [0.1, 0.15) is 23.0 Å². The molecule has 1 amide bonds. The van der Waals surface area contributed by atoms with Crippen LogP contribution in [0.4, 0.5) is 11.4 Å². The quantitative estimate of drug-likeness (QED) is 0.447. The van der Waals surface area contributed by atoms with E-state index in [1.54, 1.807) is 50.4 Å². The highest BCUT2D eigenvalue weighted by atomic mass is 32.2. The summed E-state index contributed by atoms with van der Waals surface area (Å²) in [5, 5.41) is 2.71. The van der Waals surface area contributed by atoms with Gasteiger partial charge in [-0.15, -0.1) is 0 Å². The molecule has 0 saturated carbocycles. The van der Waals surface area contributed by atoms with Gasteiger partial charge in [-0.3, -0.25) is 9.52 Å². The zero-order valence-corrected chi connectivity index (χ0v) is 20.0. The Morgan fingerprint density at radius 1 is 0.794 bits per heavy atom. The molecule has 0 radical (unpaired) electrons. The van der Waals surface area contributed by atoms with E-state index >= 15 is 0 Å². The number of carbonyl (C=O) groups is 1. The molecule has 0 fully saturated rings. The van der Waals surface area contributed by atoms with Crippen LogP contribution in [0.2, 0.25) is 0 Å². The average Bonchev–Trinajstić information content (AvgIpc) is 2.84. The fourth-order valence-corrected chi connectivity index (χ4v) is 4.03. The van der Waals surface area contributed by atoms with Crippen molar-refractivity contribution in [2.75, 3.05) is 31.4 Å². The topological polar surface area (TPSA) is 112 Å². The van der Waals surface area contributed by atoms with Gasteiger partial charge in [0.2, 0.25) is 0 Å². The third kappa shape index (κ3) is 6.10. The lowest BCUT2D eigenvalue weighted by molar-refractivity contribution is -0.122. The SMILES string of the molecule is COc1ccc(O[C@H](C)C(=O)Nc2ccc(S(=O)(=O)Nc3cc(OC)ccc3OC)cc2)cc1. The second-order valence-electron chi connectivity index (χ2n) is 7.12. The van der Waals surface area contributed by atoms with Crippen LogP contribution in [0.5, 0.6) is 23.0 Å². The highest BCUT2D eigenvalue weighted by Crippen LogP contribution is 2.31. The third-order valence-corrected chi connectivity index (χ3v) is 6.21. The van der Waals surface area contributed by atoms with E-state index in [0.717, 1.165) is 0 Å². The average molecular weight is 487 g/mol. The summed E-state index contributed by atoms with van der Waals surface area (Å²) in [6.07, 6.45) is -0.779. The van der Waals surface area contributed by atoms with Crippen LogP contribution in [0.25, 0.3) is 0 Å². The minimum Gasteiger partial charge on any atom is -0.497 e. The van der Waals surface area contributed by atoms with Crippen molar-refractivity contribution >= 4 is 27.3 Å².